The van der Waals surface area contributed by atoms with Crippen molar-refractivity contribution in [3.8, 4) is 0 Å². The normalized spacial score (nSPS) is 37.1. The van der Waals surface area contributed by atoms with E-state index in [0.29, 0.717) is 19.6 Å². The zero-order valence-corrected chi connectivity index (χ0v) is 9.30. The molecule has 6 heteroatoms. The van der Waals surface area contributed by atoms with E-state index in [1.165, 1.54) is 0 Å². The Morgan fingerprint density at radius 1 is 1.62 bits per heavy atom. The number of amidine groups is 1. The number of rotatable bonds is 2. The summed E-state index contributed by atoms with van der Waals surface area (Å²) in [4.78, 5) is 2.09. The molecule has 2 heterocycles. The second-order valence-corrected chi connectivity index (χ2v) is 4.73. The highest BCUT2D eigenvalue weighted by molar-refractivity contribution is 5.81. The van der Waals surface area contributed by atoms with Gasteiger partial charge in [-0.1, -0.05) is 5.16 Å². The van der Waals surface area contributed by atoms with E-state index in [4.69, 9.17) is 15.7 Å². The van der Waals surface area contributed by atoms with Gasteiger partial charge in [0.15, 0.2) is 5.84 Å². The third-order valence-corrected chi connectivity index (χ3v) is 3.38. The number of likely N-dealkylation sites (tertiary alicyclic amines) is 1. The van der Waals surface area contributed by atoms with Gasteiger partial charge in [-0.25, -0.2) is 0 Å². The Hall–Kier alpha value is -0.850. The third-order valence-electron chi connectivity index (χ3n) is 3.38. The van der Waals surface area contributed by atoms with Crippen molar-refractivity contribution in [2.24, 2.45) is 10.9 Å². The summed E-state index contributed by atoms with van der Waals surface area (Å²) >= 11 is 0. The average Bonchev–Trinajstić information content (AvgIpc) is 2.60. The van der Waals surface area contributed by atoms with Crippen LogP contribution in [0.5, 0.6) is 0 Å². The molecule has 2 rings (SSSR count). The molecular formula is C10H19N3O3. The van der Waals surface area contributed by atoms with Gasteiger partial charge >= 0.3 is 0 Å². The van der Waals surface area contributed by atoms with Crippen molar-refractivity contribution in [3.05, 3.63) is 0 Å². The molecule has 2 fully saturated rings. The quantitative estimate of drug-likeness (QED) is 0.253. The van der Waals surface area contributed by atoms with Crippen LogP contribution in [0.25, 0.3) is 0 Å². The maximum atomic E-state index is 9.66. The number of hydrogen-bond acceptors (Lipinski definition) is 5. The molecule has 0 aromatic carbocycles. The zero-order chi connectivity index (χ0) is 11.6. The van der Waals surface area contributed by atoms with Crippen LogP contribution in [-0.4, -0.2) is 59.0 Å². The van der Waals surface area contributed by atoms with Crippen LogP contribution in [0.2, 0.25) is 0 Å². The first-order chi connectivity index (χ1) is 7.63. The molecule has 0 aliphatic carbocycles. The highest BCUT2D eigenvalue weighted by Crippen LogP contribution is 2.33. The third kappa shape index (κ3) is 2.45. The largest absolute Gasteiger partial charge is 0.409 e. The first kappa shape index (κ1) is 11.6. The van der Waals surface area contributed by atoms with E-state index in [0.717, 1.165) is 25.9 Å². The Morgan fingerprint density at radius 2 is 2.44 bits per heavy atom. The fourth-order valence-corrected chi connectivity index (χ4v) is 2.61. The molecule has 4 N–H and O–H groups in total. The first-order valence-electron chi connectivity index (χ1n) is 5.64. The van der Waals surface area contributed by atoms with Crippen molar-refractivity contribution in [2.45, 2.75) is 31.0 Å². The molecule has 2 saturated heterocycles. The number of nitrogens with two attached hydrogens (primary N) is 1. The van der Waals surface area contributed by atoms with E-state index >= 15 is 0 Å². The molecular weight excluding hydrogens is 210 g/mol. The second-order valence-electron chi connectivity index (χ2n) is 4.73. The fraction of sp³-hybridized carbons (Fsp3) is 0.900. The lowest BCUT2D eigenvalue weighted by Gasteiger charge is -2.36. The summed E-state index contributed by atoms with van der Waals surface area (Å²) < 4.78 is 5.80. The van der Waals surface area contributed by atoms with Gasteiger partial charge < -0.3 is 20.8 Å². The maximum Gasteiger partial charge on any atom is 0.153 e. The van der Waals surface area contributed by atoms with Crippen molar-refractivity contribution < 1.29 is 15.1 Å². The average molecular weight is 229 g/mol. The Kier molecular flexibility index (Phi) is 3.32. The van der Waals surface area contributed by atoms with E-state index in [-0.39, 0.29) is 17.5 Å². The topological polar surface area (TPSA) is 91.3 Å². The minimum atomic E-state index is -0.252. The molecule has 0 aromatic rings. The Labute approximate surface area is 94.7 Å². The van der Waals surface area contributed by atoms with Crippen LogP contribution < -0.4 is 5.73 Å². The molecule has 2 aliphatic rings. The highest BCUT2D eigenvalue weighted by Gasteiger charge is 2.42. The smallest absolute Gasteiger partial charge is 0.153 e. The van der Waals surface area contributed by atoms with Gasteiger partial charge in [0.2, 0.25) is 0 Å². The molecule has 0 amide bonds. The predicted molar refractivity (Wildman–Crippen MR) is 58.4 cm³/mol. The van der Waals surface area contributed by atoms with Gasteiger partial charge in [0, 0.05) is 26.1 Å². The molecule has 1 spiro atoms. The fourth-order valence-electron chi connectivity index (χ4n) is 2.61. The predicted octanol–water partition coefficient (Wildman–Crippen LogP) is -0.651. The highest BCUT2D eigenvalue weighted by atomic mass is 16.5. The molecule has 0 radical (unpaired) electrons. The van der Waals surface area contributed by atoms with Crippen molar-refractivity contribution in [1.82, 2.24) is 4.90 Å². The zero-order valence-electron chi connectivity index (χ0n) is 9.30. The van der Waals surface area contributed by atoms with E-state index in [9.17, 15) is 5.11 Å². The molecule has 92 valence electrons. The number of ether oxygens (including phenoxy) is 1. The van der Waals surface area contributed by atoms with Crippen LogP contribution in [0.3, 0.4) is 0 Å². The lowest BCUT2D eigenvalue weighted by Crippen LogP contribution is -2.45. The Balaban J connectivity index is 1.91. The lowest BCUT2D eigenvalue weighted by molar-refractivity contribution is -0.110. The molecule has 16 heavy (non-hydrogen) atoms. The van der Waals surface area contributed by atoms with E-state index in [1.807, 2.05) is 0 Å². The van der Waals surface area contributed by atoms with Crippen molar-refractivity contribution in [3.63, 3.8) is 0 Å². The summed E-state index contributed by atoms with van der Waals surface area (Å²) in [6.45, 7) is 2.69. The molecule has 6 nitrogen and oxygen atoms in total. The van der Waals surface area contributed by atoms with Gasteiger partial charge in [0.1, 0.15) is 0 Å². The monoisotopic (exact) mass is 229 g/mol. The molecule has 0 saturated carbocycles. The van der Waals surface area contributed by atoms with Gasteiger partial charge in [-0.2, -0.15) is 0 Å². The first-order valence-corrected chi connectivity index (χ1v) is 5.64. The van der Waals surface area contributed by atoms with E-state index in [2.05, 4.69) is 10.1 Å². The van der Waals surface area contributed by atoms with Gasteiger partial charge in [0.05, 0.1) is 18.2 Å². The number of oxime groups is 1. The Bertz CT molecular complexity index is 284. The molecule has 2 atom stereocenters. The van der Waals surface area contributed by atoms with Crippen LogP contribution in [0.15, 0.2) is 5.16 Å². The summed E-state index contributed by atoms with van der Waals surface area (Å²) in [5.41, 5.74) is 5.25. The van der Waals surface area contributed by atoms with E-state index in [1.54, 1.807) is 0 Å². The minimum Gasteiger partial charge on any atom is -0.409 e. The van der Waals surface area contributed by atoms with Crippen LogP contribution in [-0.2, 0) is 4.74 Å². The van der Waals surface area contributed by atoms with Crippen molar-refractivity contribution in [2.75, 3.05) is 26.2 Å². The maximum absolute atomic E-state index is 9.66. The van der Waals surface area contributed by atoms with Crippen LogP contribution >= 0.6 is 0 Å². The SMILES string of the molecule is NC(CN1CC[C@@]2(C[C@@H](O)CCO2)C1)=NO. The molecule has 0 bridgehead atoms. The Morgan fingerprint density at radius 3 is 3.12 bits per heavy atom. The standard InChI is InChI=1S/C10H19N3O3/c11-9(12-15)6-13-3-2-10(7-13)5-8(14)1-4-16-10/h8,14-15H,1-7H2,(H2,11,12)/t8-,10+/m0/s1. The van der Waals surface area contributed by atoms with Crippen LogP contribution in [0.4, 0.5) is 0 Å². The summed E-state index contributed by atoms with van der Waals surface area (Å²) in [5, 5.41) is 21.1. The van der Waals surface area contributed by atoms with Gasteiger partial charge in [-0.05, 0) is 12.8 Å². The molecule has 2 aliphatic heterocycles. The lowest BCUT2D eigenvalue weighted by atomic mass is 9.91. The number of hydrogen-bond donors (Lipinski definition) is 3. The number of nitrogens with zero attached hydrogens (tertiary/aromatic N) is 2. The summed E-state index contributed by atoms with van der Waals surface area (Å²) in [6.07, 6.45) is 2.07. The van der Waals surface area contributed by atoms with Gasteiger partial charge in [0.25, 0.3) is 0 Å². The summed E-state index contributed by atoms with van der Waals surface area (Å²) in [6, 6.07) is 0. The second kappa shape index (κ2) is 4.57. The van der Waals surface area contributed by atoms with Crippen LogP contribution in [0.1, 0.15) is 19.3 Å². The van der Waals surface area contributed by atoms with Gasteiger partial charge in [-0.3, -0.25) is 4.90 Å². The van der Waals surface area contributed by atoms with E-state index < -0.39 is 0 Å². The van der Waals surface area contributed by atoms with Gasteiger partial charge in [-0.15, -0.1) is 0 Å². The summed E-state index contributed by atoms with van der Waals surface area (Å²) in [5.74, 6) is 0.216. The number of aliphatic hydroxyl groups is 1. The molecule has 0 aromatic heterocycles. The van der Waals surface area contributed by atoms with Crippen molar-refractivity contribution in [1.29, 1.82) is 0 Å². The minimum absolute atomic E-state index is 0.215. The summed E-state index contributed by atoms with van der Waals surface area (Å²) in [7, 11) is 0. The van der Waals surface area contributed by atoms with Crippen LogP contribution in [0, 0.1) is 0 Å². The molecule has 0 unspecified atom stereocenters. The number of aliphatic hydroxyl groups excluding tert-OH is 1. The van der Waals surface area contributed by atoms with Crippen molar-refractivity contribution >= 4 is 5.84 Å².